The van der Waals surface area contributed by atoms with Gasteiger partial charge in [-0.15, -0.1) is 11.3 Å². The lowest BCUT2D eigenvalue weighted by molar-refractivity contribution is 0.101. The summed E-state index contributed by atoms with van der Waals surface area (Å²) in [4.78, 5) is 17.6. The average Bonchev–Trinajstić information content (AvgIpc) is 2.66. The predicted octanol–water partition coefficient (Wildman–Crippen LogP) is 3.36. The van der Waals surface area contributed by atoms with Crippen LogP contribution in [0.3, 0.4) is 0 Å². The Balaban J connectivity index is 2.03. The van der Waals surface area contributed by atoms with Crippen molar-refractivity contribution in [3.05, 3.63) is 46.0 Å². The lowest BCUT2D eigenvalue weighted by Gasteiger charge is -2.05. The second-order valence-electron chi connectivity index (χ2n) is 4.25. The van der Waals surface area contributed by atoms with E-state index in [1.807, 2.05) is 45.0 Å². The Morgan fingerprint density at radius 1 is 1.28 bits per heavy atom. The van der Waals surface area contributed by atoms with Gasteiger partial charge in [0.1, 0.15) is 0 Å². The van der Waals surface area contributed by atoms with Crippen molar-refractivity contribution in [1.82, 2.24) is 4.98 Å². The fourth-order valence-corrected chi connectivity index (χ4v) is 2.50. The summed E-state index contributed by atoms with van der Waals surface area (Å²) < 4.78 is 0. The summed E-state index contributed by atoms with van der Waals surface area (Å²) >= 11 is 1.58. The van der Waals surface area contributed by atoms with E-state index in [1.54, 1.807) is 11.3 Å². The van der Waals surface area contributed by atoms with Crippen LogP contribution in [0.1, 0.15) is 26.5 Å². The summed E-state index contributed by atoms with van der Waals surface area (Å²) in [7, 11) is 0. The van der Waals surface area contributed by atoms with Gasteiger partial charge in [-0.25, -0.2) is 4.98 Å². The summed E-state index contributed by atoms with van der Waals surface area (Å²) in [5.41, 5.74) is 2.80. The highest BCUT2D eigenvalue weighted by atomic mass is 32.1. The molecular formula is C14H16N2OS. The third-order valence-corrected chi connectivity index (χ3v) is 3.90. The number of aryl methyl sites for hydroxylation is 3. The number of benzene rings is 1. The van der Waals surface area contributed by atoms with E-state index in [0.29, 0.717) is 0 Å². The van der Waals surface area contributed by atoms with E-state index in [2.05, 4.69) is 10.3 Å². The molecule has 0 saturated heterocycles. The molecule has 0 atom stereocenters. The molecule has 2 rings (SSSR count). The standard InChI is InChI=1S/C14H16N2OS/c1-9-6-4-5-7-12(9)13(17)8-15-14-16-10(2)11(3)18-14/h4-7H,8H2,1-3H3,(H,15,16). The summed E-state index contributed by atoms with van der Waals surface area (Å²) in [5.74, 6) is 0.0959. The zero-order valence-corrected chi connectivity index (χ0v) is 11.6. The van der Waals surface area contributed by atoms with Crippen LogP contribution in [-0.2, 0) is 0 Å². The van der Waals surface area contributed by atoms with Crippen LogP contribution in [0.15, 0.2) is 24.3 Å². The van der Waals surface area contributed by atoms with E-state index >= 15 is 0 Å². The number of carbonyl (C=O) groups excluding carboxylic acids is 1. The molecule has 1 heterocycles. The van der Waals surface area contributed by atoms with Gasteiger partial charge in [0.05, 0.1) is 12.2 Å². The molecule has 0 unspecified atom stereocenters. The minimum absolute atomic E-state index is 0.0959. The van der Waals surface area contributed by atoms with Crippen LogP contribution >= 0.6 is 11.3 Å². The third kappa shape index (κ3) is 2.76. The molecule has 0 aliphatic carbocycles. The van der Waals surface area contributed by atoms with Gasteiger partial charge >= 0.3 is 0 Å². The predicted molar refractivity (Wildman–Crippen MR) is 75.6 cm³/mol. The number of hydrogen-bond acceptors (Lipinski definition) is 4. The number of Topliss-reactive ketones (excluding diaryl/α,β-unsaturated/α-hetero) is 1. The summed E-state index contributed by atoms with van der Waals surface area (Å²) in [6.45, 7) is 6.24. The van der Waals surface area contributed by atoms with Crippen molar-refractivity contribution in [1.29, 1.82) is 0 Å². The molecule has 0 aliphatic heterocycles. The highest BCUT2D eigenvalue weighted by Gasteiger charge is 2.09. The Morgan fingerprint density at radius 3 is 2.61 bits per heavy atom. The summed E-state index contributed by atoms with van der Waals surface area (Å²) in [5, 5.41) is 3.90. The van der Waals surface area contributed by atoms with E-state index in [0.717, 1.165) is 22.0 Å². The number of aromatic nitrogens is 1. The molecule has 0 saturated carbocycles. The van der Waals surface area contributed by atoms with Crippen LogP contribution < -0.4 is 5.32 Å². The van der Waals surface area contributed by atoms with E-state index < -0.39 is 0 Å². The van der Waals surface area contributed by atoms with Crippen molar-refractivity contribution in [2.45, 2.75) is 20.8 Å². The van der Waals surface area contributed by atoms with E-state index in [9.17, 15) is 4.79 Å². The molecule has 0 fully saturated rings. The van der Waals surface area contributed by atoms with Crippen LogP contribution in [-0.4, -0.2) is 17.3 Å². The number of ketones is 1. The molecule has 0 aliphatic rings. The van der Waals surface area contributed by atoms with Crippen LogP contribution in [0, 0.1) is 20.8 Å². The van der Waals surface area contributed by atoms with E-state index in [-0.39, 0.29) is 12.3 Å². The molecule has 0 amide bonds. The van der Waals surface area contributed by atoms with Gasteiger partial charge in [0, 0.05) is 10.4 Å². The number of nitrogens with zero attached hydrogens (tertiary/aromatic N) is 1. The first kappa shape index (κ1) is 12.8. The molecule has 3 nitrogen and oxygen atoms in total. The molecule has 4 heteroatoms. The van der Waals surface area contributed by atoms with Crippen molar-refractivity contribution in [2.24, 2.45) is 0 Å². The molecule has 18 heavy (non-hydrogen) atoms. The molecular weight excluding hydrogens is 244 g/mol. The number of thiazole rings is 1. The number of rotatable bonds is 4. The van der Waals surface area contributed by atoms with Crippen LogP contribution in [0.2, 0.25) is 0 Å². The fourth-order valence-electron chi connectivity index (χ4n) is 1.69. The van der Waals surface area contributed by atoms with Gasteiger partial charge < -0.3 is 5.32 Å². The highest BCUT2D eigenvalue weighted by molar-refractivity contribution is 7.15. The Bertz CT molecular complexity index is 555. The van der Waals surface area contributed by atoms with Crippen molar-refractivity contribution >= 4 is 22.3 Å². The maximum Gasteiger partial charge on any atom is 0.183 e. The van der Waals surface area contributed by atoms with E-state index in [1.165, 1.54) is 4.88 Å². The second-order valence-corrected chi connectivity index (χ2v) is 5.46. The van der Waals surface area contributed by atoms with Gasteiger partial charge in [0.2, 0.25) is 0 Å². The first-order valence-electron chi connectivity index (χ1n) is 5.84. The smallest absolute Gasteiger partial charge is 0.183 e. The van der Waals surface area contributed by atoms with Gasteiger partial charge in [0.25, 0.3) is 0 Å². The SMILES string of the molecule is Cc1ccccc1C(=O)CNc1nc(C)c(C)s1. The first-order chi connectivity index (χ1) is 8.58. The maximum atomic E-state index is 12.0. The minimum Gasteiger partial charge on any atom is -0.354 e. The maximum absolute atomic E-state index is 12.0. The van der Waals surface area contributed by atoms with Crippen molar-refractivity contribution < 1.29 is 4.79 Å². The Hall–Kier alpha value is -1.68. The minimum atomic E-state index is 0.0959. The molecule has 2 aromatic rings. The van der Waals surface area contributed by atoms with Crippen molar-refractivity contribution in [3.63, 3.8) is 0 Å². The summed E-state index contributed by atoms with van der Waals surface area (Å²) in [6, 6.07) is 7.63. The lowest BCUT2D eigenvalue weighted by atomic mass is 10.1. The quantitative estimate of drug-likeness (QED) is 0.857. The zero-order chi connectivity index (χ0) is 13.1. The monoisotopic (exact) mass is 260 g/mol. The number of hydrogen-bond donors (Lipinski definition) is 1. The second kappa shape index (κ2) is 5.31. The van der Waals surface area contributed by atoms with Gasteiger partial charge in [-0.3, -0.25) is 4.79 Å². The van der Waals surface area contributed by atoms with Gasteiger partial charge in [0.15, 0.2) is 10.9 Å². The normalized spacial score (nSPS) is 10.4. The highest BCUT2D eigenvalue weighted by Crippen LogP contribution is 2.21. The Morgan fingerprint density at radius 2 is 2.00 bits per heavy atom. The zero-order valence-electron chi connectivity index (χ0n) is 10.8. The fraction of sp³-hybridized carbons (Fsp3) is 0.286. The number of anilines is 1. The molecule has 1 N–H and O–H groups in total. The van der Waals surface area contributed by atoms with Crippen LogP contribution in [0.4, 0.5) is 5.13 Å². The average molecular weight is 260 g/mol. The molecule has 0 spiro atoms. The van der Waals surface area contributed by atoms with Gasteiger partial charge in [-0.2, -0.15) is 0 Å². The van der Waals surface area contributed by atoms with Crippen molar-refractivity contribution in [3.8, 4) is 0 Å². The largest absolute Gasteiger partial charge is 0.354 e. The Kier molecular flexibility index (Phi) is 3.77. The number of carbonyl (C=O) groups is 1. The third-order valence-electron chi connectivity index (χ3n) is 2.87. The van der Waals surface area contributed by atoms with Crippen LogP contribution in [0.25, 0.3) is 0 Å². The van der Waals surface area contributed by atoms with Gasteiger partial charge in [-0.1, -0.05) is 24.3 Å². The molecule has 1 aromatic heterocycles. The van der Waals surface area contributed by atoms with Crippen LogP contribution in [0.5, 0.6) is 0 Å². The van der Waals surface area contributed by atoms with Gasteiger partial charge in [-0.05, 0) is 26.3 Å². The molecule has 1 aromatic carbocycles. The number of nitrogens with one attached hydrogen (secondary N) is 1. The Labute approximate surface area is 111 Å². The topological polar surface area (TPSA) is 42.0 Å². The van der Waals surface area contributed by atoms with Crippen molar-refractivity contribution in [2.75, 3.05) is 11.9 Å². The lowest BCUT2D eigenvalue weighted by Crippen LogP contribution is -2.14. The molecule has 0 bridgehead atoms. The molecule has 0 radical (unpaired) electrons. The first-order valence-corrected chi connectivity index (χ1v) is 6.66. The summed E-state index contributed by atoms with van der Waals surface area (Å²) in [6.07, 6.45) is 0. The van der Waals surface area contributed by atoms with E-state index in [4.69, 9.17) is 0 Å². The molecule has 94 valence electrons.